The van der Waals surface area contributed by atoms with Crippen LogP contribution in [0.3, 0.4) is 0 Å². The van der Waals surface area contributed by atoms with Crippen molar-refractivity contribution in [1.29, 1.82) is 5.26 Å². The molecule has 2 amide bonds. The average molecular weight is 558 g/mol. The molecule has 0 aliphatic carbocycles. The number of urea groups is 1. The van der Waals surface area contributed by atoms with Gasteiger partial charge in [0.05, 0.1) is 45.3 Å². The van der Waals surface area contributed by atoms with E-state index in [0.29, 0.717) is 11.2 Å². The molecule has 1 radical (unpaired) electrons. The smallest absolute Gasteiger partial charge is 0.351 e. The number of nitrogens with zero attached hydrogens (tertiary/aromatic N) is 5. The fourth-order valence-electron chi connectivity index (χ4n) is 2.55. The molecule has 1 aromatic carbocycles. The predicted molar refractivity (Wildman–Crippen MR) is 131 cm³/mol. The molecule has 16 nitrogen and oxygen atoms in total. The Morgan fingerprint density at radius 2 is 1.76 bits per heavy atom. The van der Waals surface area contributed by atoms with Crippen molar-refractivity contribution in [3.05, 3.63) is 29.8 Å². The molecule has 197 valence electrons. The molecule has 1 aromatic heterocycles. The van der Waals surface area contributed by atoms with Gasteiger partial charge in [-0.1, -0.05) is 0 Å². The van der Waals surface area contributed by atoms with E-state index in [1.807, 2.05) is 0 Å². The molecule has 0 unspecified atom stereocenters. The summed E-state index contributed by atoms with van der Waals surface area (Å²) in [7, 11) is -1.13. The Balaban J connectivity index is 0.00000722. The first kappa shape index (κ1) is 32.0. The van der Waals surface area contributed by atoms with Gasteiger partial charge in [-0.15, -0.1) is 0 Å². The number of hydrogen-bond donors (Lipinski definition) is 2. The van der Waals surface area contributed by atoms with Crippen LogP contribution in [0.5, 0.6) is 11.8 Å². The van der Waals surface area contributed by atoms with Crippen LogP contribution < -0.4 is 24.5 Å². The van der Waals surface area contributed by atoms with Gasteiger partial charge in [-0.3, -0.25) is 5.32 Å². The summed E-state index contributed by atoms with van der Waals surface area (Å²) in [5, 5.41) is 15.7. The Labute approximate surface area is 239 Å². The number of benzene rings is 1. The minimum atomic E-state index is -4.76. The maximum atomic E-state index is 13.1. The maximum absolute atomic E-state index is 13.1. The fourth-order valence-corrected chi connectivity index (χ4v) is 3.67. The van der Waals surface area contributed by atoms with Gasteiger partial charge in [-0.05, 0) is 25.1 Å². The van der Waals surface area contributed by atoms with Crippen LogP contribution in [-0.2, 0) is 24.3 Å². The van der Waals surface area contributed by atoms with Crippen LogP contribution in [0.4, 0.5) is 16.4 Å². The summed E-state index contributed by atoms with van der Waals surface area (Å²) in [6.45, 7) is 1.63. The number of amides is 2. The molecule has 2 N–H and O–H groups in total. The summed E-state index contributed by atoms with van der Waals surface area (Å²) >= 11 is 0. The zero-order valence-electron chi connectivity index (χ0n) is 20.9. The molecule has 38 heavy (non-hydrogen) atoms. The summed E-state index contributed by atoms with van der Waals surface area (Å²) < 4.78 is 47.0. The van der Waals surface area contributed by atoms with E-state index in [1.54, 1.807) is 17.8 Å². The Bertz CT molecular complexity index is 1340. The molecule has 0 aliphatic rings. The van der Waals surface area contributed by atoms with E-state index in [1.165, 1.54) is 26.4 Å². The number of rotatable bonds is 10. The summed E-state index contributed by atoms with van der Waals surface area (Å²) in [5.41, 5.74) is -0.629. The van der Waals surface area contributed by atoms with Crippen LogP contribution in [0, 0.1) is 11.5 Å². The first-order chi connectivity index (χ1) is 17.6. The van der Waals surface area contributed by atoms with Crippen LogP contribution in [0.2, 0.25) is 0 Å². The molecular formula is C20H21N7NaO9S. The molecule has 0 saturated heterocycles. The number of carbonyl (C=O) groups excluding carboxylic acids is 3. The van der Waals surface area contributed by atoms with E-state index in [9.17, 15) is 28.1 Å². The predicted octanol–water partition coefficient (Wildman–Crippen LogP) is 0.246. The maximum Gasteiger partial charge on any atom is 0.351 e. The monoisotopic (exact) mass is 558 g/mol. The number of nitriles is 1. The summed E-state index contributed by atoms with van der Waals surface area (Å²) in [4.78, 5) is 43.1. The first-order valence-electron chi connectivity index (χ1n) is 10.0. The Morgan fingerprint density at radius 1 is 1.13 bits per heavy atom. The van der Waals surface area contributed by atoms with Gasteiger partial charge in [0, 0.05) is 29.6 Å². The molecule has 0 aliphatic heterocycles. The van der Waals surface area contributed by atoms with Gasteiger partial charge in [-0.25, -0.2) is 27.5 Å². The molecule has 0 spiro atoms. The Kier molecular flexibility index (Phi) is 12.4. The number of nitrogens with one attached hydrogen (secondary N) is 2. The van der Waals surface area contributed by atoms with Gasteiger partial charge < -0.3 is 18.9 Å². The molecule has 2 rings (SSSR count). The van der Waals surface area contributed by atoms with Gasteiger partial charge in [-0.2, -0.15) is 25.3 Å². The number of hydrazone groups is 1. The normalized spacial score (nSPS) is 10.4. The standard InChI is InChI=1S/C20H21N7O9S.Na/c1-5-36-17(28)10-22-27(11-21)12-6-7-13(18(29)35-4)14(8-12)37(31,32)26-20(30)25-19-23-15(33-2)9-16(24-19)34-3;/h6-10H,5H2,1-4H3,(H2,23,24,25,26,30);. The molecular weight excluding hydrogens is 537 g/mol. The number of anilines is 2. The van der Waals surface area contributed by atoms with Crippen LogP contribution in [0.15, 0.2) is 34.3 Å². The van der Waals surface area contributed by atoms with Crippen molar-refractivity contribution in [1.82, 2.24) is 14.7 Å². The number of sulfonamides is 1. The van der Waals surface area contributed by atoms with Crippen molar-refractivity contribution in [2.24, 2.45) is 5.10 Å². The van der Waals surface area contributed by atoms with Crippen LogP contribution in [0.1, 0.15) is 17.3 Å². The van der Waals surface area contributed by atoms with Crippen molar-refractivity contribution >= 4 is 75.4 Å². The van der Waals surface area contributed by atoms with E-state index < -0.39 is 38.5 Å². The minimum absolute atomic E-state index is 0. The third kappa shape index (κ3) is 8.55. The van der Waals surface area contributed by atoms with Gasteiger partial charge in [0.25, 0.3) is 10.0 Å². The second kappa shape index (κ2) is 14.7. The number of carbonyl (C=O) groups is 3. The summed E-state index contributed by atoms with van der Waals surface area (Å²) in [5.74, 6) is -2.21. The number of aromatic nitrogens is 2. The molecule has 2 aromatic rings. The molecule has 18 heteroatoms. The van der Waals surface area contributed by atoms with E-state index in [-0.39, 0.29) is 59.6 Å². The topological polar surface area (TPSA) is 211 Å². The summed E-state index contributed by atoms with van der Waals surface area (Å²) in [6.07, 6.45) is 2.33. The number of hydrogen-bond acceptors (Lipinski definition) is 14. The second-order valence-corrected chi connectivity index (χ2v) is 8.07. The molecule has 0 saturated carbocycles. The SMILES string of the molecule is CCOC(=O)C=NN(C#N)c1ccc(C(=O)OC)c(S(=O)(=O)NC(=O)Nc2nc(OC)cc(OC)n2)c1.[Na]. The fraction of sp³-hybridized carbons (Fsp3) is 0.250. The minimum Gasteiger partial charge on any atom is -0.481 e. The van der Waals surface area contributed by atoms with Gasteiger partial charge in [0.15, 0.2) is 0 Å². The van der Waals surface area contributed by atoms with Gasteiger partial charge >= 0.3 is 18.0 Å². The largest absolute Gasteiger partial charge is 0.481 e. The third-order valence-corrected chi connectivity index (χ3v) is 5.49. The van der Waals surface area contributed by atoms with E-state index >= 15 is 0 Å². The van der Waals surface area contributed by atoms with Crippen molar-refractivity contribution < 1.29 is 41.7 Å². The van der Waals surface area contributed by atoms with Gasteiger partial charge in [0.1, 0.15) is 11.1 Å². The quantitative estimate of drug-likeness (QED) is 0.100. The molecule has 1 heterocycles. The number of methoxy groups -OCH3 is 3. The van der Waals surface area contributed by atoms with E-state index in [4.69, 9.17) is 9.47 Å². The third-order valence-electron chi connectivity index (χ3n) is 4.11. The van der Waals surface area contributed by atoms with Crippen LogP contribution in [-0.4, -0.2) is 100 Å². The zero-order chi connectivity index (χ0) is 27.6. The first-order valence-corrected chi connectivity index (χ1v) is 11.5. The number of ether oxygens (including phenoxy) is 4. The molecule has 0 fully saturated rings. The van der Waals surface area contributed by atoms with Crippen molar-refractivity contribution in [3.63, 3.8) is 0 Å². The number of esters is 2. The molecule has 0 atom stereocenters. The second-order valence-electron chi connectivity index (χ2n) is 6.42. The van der Waals surface area contributed by atoms with Crippen molar-refractivity contribution in [2.75, 3.05) is 38.3 Å². The van der Waals surface area contributed by atoms with E-state index in [2.05, 4.69) is 29.9 Å². The average Bonchev–Trinajstić information content (AvgIpc) is 2.87. The Morgan fingerprint density at radius 3 is 2.29 bits per heavy atom. The Hall–Kier alpha value is -3.98. The van der Waals surface area contributed by atoms with Gasteiger partial charge in [0.2, 0.25) is 23.9 Å². The summed E-state index contributed by atoms with van der Waals surface area (Å²) in [6, 6.07) is 3.10. The zero-order valence-corrected chi connectivity index (χ0v) is 23.7. The van der Waals surface area contributed by atoms with Crippen molar-refractivity contribution in [2.45, 2.75) is 11.8 Å². The van der Waals surface area contributed by atoms with Crippen molar-refractivity contribution in [3.8, 4) is 18.0 Å². The molecule has 0 bridgehead atoms. The van der Waals surface area contributed by atoms with Crippen LogP contribution in [0.25, 0.3) is 0 Å². The van der Waals surface area contributed by atoms with E-state index in [0.717, 1.165) is 19.2 Å². The van der Waals surface area contributed by atoms with Crippen LogP contribution >= 0.6 is 0 Å².